The fourth-order valence-electron chi connectivity index (χ4n) is 4.49. The third-order valence-electron chi connectivity index (χ3n) is 6.77. The largest absolute Gasteiger partial charge is 0.491 e. The minimum absolute atomic E-state index is 0.00206. The average Bonchev–Trinajstić information content (AvgIpc) is 2.80. The van der Waals surface area contributed by atoms with Crippen LogP contribution in [-0.4, -0.2) is 52.4 Å². The first-order chi connectivity index (χ1) is 15.0. The SMILES string of the molecule is NCc1cccc(C2CCN(C(=O)c3cccc(OCC(O)C4(O)CCC4)c3)CC2)c1. The number of likely N-dealkylation sites (tertiary alicyclic amines) is 1. The molecule has 4 N–H and O–H groups in total. The second-order valence-electron chi connectivity index (χ2n) is 8.83. The Morgan fingerprint density at radius 2 is 1.90 bits per heavy atom. The Bertz CT molecular complexity index is 904. The van der Waals surface area contributed by atoms with Crippen LogP contribution >= 0.6 is 0 Å². The molecule has 31 heavy (non-hydrogen) atoms. The van der Waals surface area contributed by atoms with Crippen molar-refractivity contribution in [3.8, 4) is 5.75 Å². The van der Waals surface area contributed by atoms with Gasteiger partial charge in [-0.2, -0.15) is 0 Å². The van der Waals surface area contributed by atoms with Crippen LogP contribution in [0.3, 0.4) is 0 Å². The fraction of sp³-hybridized carbons (Fsp3) is 0.480. The number of rotatable bonds is 7. The predicted octanol–water partition coefficient (Wildman–Crippen LogP) is 2.82. The minimum atomic E-state index is -1.03. The van der Waals surface area contributed by atoms with Gasteiger partial charge in [-0.1, -0.05) is 30.3 Å². The smallest absolute Gasteiger partial charge is 0.253 e. The van der Waals surface area contributed by atoms with E-state index in [0.29, 0.717) is 49.7 Å². The molecule has 1 saturated heterocycles. The first-order valence-electron chi connectivity index (χ1n) is 11.2. The van der Waals surface area contributed by atoms with Crippen molar-refractivity contribution < 1.29 is 19.7 Å². The number of piperidine rings is 1. The molecule has 1 heterocycles. The second-order valence-corrected chi connectivity index (χ2v) is 8.83. The molecule has 1 unspecified atom stereocenters. The molecule has 2 aliphatic rings. The van der Waals surface area contributed by atoms with Gasteiger partial charge in [-0.15, -0.1) is 0 Å². The number of nitrogens with zero attached hydrogens (tertiary/aromatic N) is 1. The summed E-state index contributed by atoms with van der Waals surface area (Å²) in [4.78, 5) is 14.9. The van der Waals surface area contributed by atoms with Crippen LogP contribution in [0.15, 0.2) is 48.5 Å². The normalized spacial score (nSPS) is 19.5. The number of carbonyl (C=O) groups is 1. The summed E-state index contributed by atoms with van der Waals surface area (Å²) < 4.78 is 5.67. The topological polar surface area (TPSA) is 96.0 Å². The van der Waals surface area contributed by atoms with Gasteiger partial charge in [-0.3, -0.25) is 4.79 Å². The van der Waals surface area contributed by atoms with E-state index in [1.54, 1.807) is 24.3 Å². The highest BCUT2D eigenvalue weighted by molar-refractivity contribution is 5.94. The molecule has 0 bridgehead atoms. The lowest BCUT2D eigenvalue weighted by Gasteiger charge is -2.40. The van der Waals surface area contributed by atoms with Crippen molar-refractivity contribution in [1.82, 2.24) is 4.90 Å². The van der Waals surface area contributed by atoms with Gasteiger partial charge >= 0.3 is 0 Å². The van der Waals surface area contributed by atoms with E-state index >= 15 is 0 Å². The van der Waals surface area contributed by atoms with Gasteiger partial charge in [0.05, 0.1) is 5.60 Å². The molecular formula is C25H32N2O4. The number of ether oxygens (including phenoxy) is 1. The van der Waals surface area contributed by atoms with E-state index in [4.69, 9.17) is 10.5 Å². The zero-order valence-corrected chi connectivity index (χ0v) is 17.9. The lowest BCUT2D eigenvalue weighted by Crippen LogP contribution is -2.50. The third-order valence-corrected chi connectivity index (χ3v) is 6.77. The van der Waals surface area contributed by atoms with E-state index < -0.39 is 11.7 Å². The molecule has 0 radical (unpaired) electrons. The van der Waals surface area contributed by atoms with Crippen LogP contribution in [0.25, 0.3) is 0 Å². The van der Waals surface area contributed by atoms with Crippen molar-refractivity contribution in [3.63, 3.8) is 0 Å². The van der Waals surface area contributed by atoms with Gasteiger partial charge in [0.1, 0.15) is 18.5 Å². The summed E-state index contributed by atoms with van der Waals surface area (Å²) in [5.41, 5.74) is 7.77. The van der Waals surface area contributed by atoms with E-state index in [1.807, 2.05) is 11.0 Å². The van der Waals surface area contributed by atoms with Crippen molar-refractivity contribution in [2.45, 2.75) is 56.3 Å². The number of aliphatic hydroxyl groups excluding tert-OH is 1. The molecule has 1 saturated carbocycles. The van der Waals surface area contributed by atoms with Gasteiger partial charge in [-0.25, -0.2) is 0 Å². The van der Waals surface area contributed by atoms with Crippen LogP contribution < -0.4 is 10.5 Å². The van der Waals surface area contributed by atoms with Gasteiger partial charge in [0.15, 0.2) is 0 Å². The lowest BCUT2D eigenvalue weighted by atomic mass is 9.76. The van der Waals surface area contributed by atoms with Crippen molar-refractivity contribution >= 4 is 5.91 Å². The molecular weight excluding hydrogens is 392 g/mol. The monoisotopic (exact) mass is 424 g/mol. The first-order valence-corrected chi connectivity index (χ1v) is 11.2. The van der Waals surface area contributed by atoms with Crippen LogP contribution in [0.2, 0.25) is 0 Å². The summed E-state index contributed by atoms with van der Waals surface area (Å²) in [5.74, 6) is 0.975. The lowest BCUT2D eigenvalue weighted by molar-refractivity contribution is -0.136. The Morgan fingerprint density at radius 1 is 1.16 bits per heavy atom. The quantitative estimate of drug-likeness (QED) is 0.635. The molecule has 1 aliphatic carbocycles. The maximum Gasteiger partial charge on any atom is 0.253 e. The predicted molar refractivity (Wildman–Crippen MR) is 119 cm³/mol. The Hall–Kier alpha value is -2.41. The number of aliphatic hydroxyl groups is 2. The number of hydrogen-bond acceptors (Lipinski definition) is 5. The highest BCUT2D eigenvalue weighted by Crippen LogP contribution is 2.35. The van der Waals surface area contributed by atoms with Crippen LogP contribution in [-0.2, 0) is 6.54 Å². The molecule has 1 aliphatic heterocycles. The highest BCUT2D eigenvalue weighted by atomic mass is 16.5. The van der Waals surface area contributed by atoms with Crippen molar-refractivity contribution in [1.29, 1.82) is 0 Å². The van der Waals surface area contributed by atoms with Gasteiger partial charge in [0.2, 0.25) is 0 Å². The van der Waals surface area contributed by atoms with E-state index in [2.05, 4.69) is 18.2 Å². The van der Waals surface area contributed by atoms with Crippen LogP contribution in [0.4, 0.5) is 0 Å². The van der Waals surface area contributed by atoms with Crippen molar-refractivity contribution in [2.24, 2.45) is 5.73 Å². The van der Waals surface area contributed by atoms with Crippen molar-refractivity contribution in [2.75, 3.05) is 19.7 Å². The second kappa shape index (κ2) is 9.39. The number of benzene rings is 2. The highest BCUT2D eigenvalue weighted by Gasteiger charge is 2.41. The Kier molecular flexibility index (Phi) is 6.60. The minimum Gasteiger partial charge on any atom is -0.491 e. The Labute approximate surface area is 183 Å². The summed E-state index contributed by atoms with van der Waals surface area (Å²) >= 11 is 0. The van der Waals surface area contributed by atoms with E-state index in [-0.39, 0.29) is 12.5 Å². The van der Waals surface area contributed by atoms with Gasteiger partial charge < -0.3 is 25.6 Å². The molecule has 0 spiro atoms. The van der Waals surface area contributed by atoms with Crippen molar-refractivity contribution in [3.05, 3.63) is 65.2 Å². The summed E-state index contributed by atoms with van der Waals surface area (Å²) in [6.45, 7) is 1.99. The average molecular weight is 425 g/mol. The zero-order valence-electron chi connectivity index (χ0n) is 17.9. The molecule has 166 valence electrons. The van der Waals surface area contributed by atoms with E-state index in [0.717, 1.165) is 24.8 Å². The fourth-order valence-corrected chi connectivity index (χ4v) is 4.49. The maximum atomic E-state index is 13.0. The standard InChI is InChI=1S/C25H32N2O4/c26-16-18-4-1-5-20(14-18)19-8-12-27(13-9-19)24(29)21-6-2-7-22(15-21)31-17-23(28)25(30)10-3-11-25/h1-2,4-7,14-15,19,23,28,30H,3,8-13,16-17,26H2. The van der Waals surface area contributed by atoms with E-state index in [1.165, 1.54) is 5.56 Å². The molecule has 2 aromatic carbocycles. The molecule has 4 rings (SSSR count). The Balaban J connectivity index is 1.33. The van der Waals surface area contributed by atoms with E-state index in [9.17, 15) is 15.0 Å². The first kappa shape index (κ1) is 21.8. The third kappa shape index (κ3) is 4.92. The molecule has 2 fully saturated rings. The number of carbonyl (C=O) groups excluding carboxylic acids is 1. The molecule has 0 aromatic heterocycles. The zero-order chi connectivity index (χ0) is 21.8. The van der Waals surface area contributed by atoms with Crippen LogP contribution in [0.1, 0.15) is 59.5 Å². The summed E-state index contributed by atoms with van der Waals surface area (Å²) in [6, 6.07) is 15.5. The van der Waals surface area contributed by atoms with Crippen LogP contribution in [0, 0.1) is 0 Å². The molecule has 2 aromatic rings. The maximum absolute atomic E-state index is 13.0. The molecule has 6 nitrogen and oxygen atoms in total. The summed E-state index contributed by atoms with van der Waals surface area (Å²) in [5, 5.41) is 20.4. The number of amides is 1. The number of hydrogen-bond donors (Lipinski definition) is 3. The van der Waals surface area contributed by atoms with Gasteiger partial charge in [0.25, 0.3) is 5.91 Å². The Morgan fingerprint density at radius 3 is 2.58 bits per heavy atom. The molecule has 6 heteroatoms. The summed E-state index contributed by atoms with van der Waals surface area (Å²) in [6.07, 6.45) is 3.07. The number of nitrogens with two attached hydrogens (primary N) is 1. The van der Waals surface area contributed by atoms with Gasteiger partial charge in [-0.05, 0) is 67.3 Å². The summed E-state index contributed by atoms with van der Waals surface area (Å²) in [7, 11) is 0. The molecule has 1 amide bonds. The van der Waals surface area contributed by atoms with Gasteiger partial charge in [0, 0.05) is 25.2 Å². The van der Waals surface area contributed by atoms with Crippen LogP contribution in [0.5, 0.6) is 5.75 Å². The molecule has 1 atom stereocenters.